The second-order valence-electron chi connectivity index (χ2n) is 3.87. The van der Waals surface area contributed by atoms with Crippen LogP contribution < -0.4 is 5.32 Å². The second-order valence-corrected chi connectivity index (χ2v) is 3.87. The predicted octanol–water partition coefficient (Wildman–Crippen LogP) is 2.09. The van der Waals surface area contributed by atoms with Crippen LogP contribution >= 0.6 is 0 Å². The summed E-state index contributed by atoms with van der Waals surface area (Å²) < 4.78 is 2.11. The minimum absolute atomic E-state index is 0.437. The lowest BCUT2D eigenvalue weighted by Gasteiger charge is -2.12. The molecule has 1 N–H and O–H groups in total. The van der Waals surface area contributed by atoms with E-state index in [1.807, 2.05) is 19.3 Å². The molecular weight excluding hydrogens is 174 g/mol. The maximum atomic E-state index is 4.58. The molecule has 2 heterocycles. The first-order valence-electron chi connectivity index (χ1n) is 4.80. The summed E-state index contributed by atoms with van der Waals surface area (Å²) in [6.07, 6.45) is 3.86. The van der Waals surface area contributed by atoms with E-state index in [1.165, 1.54) is 0 Å². The van der Waals surface area contributed by atoms with Gasteiger partial charge in [-0.25, -0.2) is 4.98 Å². The van der Waals surface area contributed by atoms with E-state index in [1.54, 1.807) is 0 Å². The SMILES string of the molecule is C=C1NC=Cc2nc(C(C)C)n(C)c21. The highest BCUT2D eigenvalue weighted by Crippen LogP contribution is 2.24. The molecule has 0 fully saturated rings. The summed E-state index contributed by atoms with van der Waals surface area (Å²) >= 11 is 0. The van der Waals surface area contributed by atoms with E-state index >= 15 is 0 Å². The molecule has 74 valence electrons. The molecule has 0 unspecified atom stereocenters. The molecule has 3 nitrogen and oxygen atoms in total. The average molecular weight is 189 g/mol. The number of hydrogen-bond acceptors (Lipinski definition) is 2. The smallest absolute Gasteiger partial charge is 0.112 e. The monoisotopic (exact) mass is 189 g/mol. The Balaban J connectivity index is 2.62. The van der Waals surface area contributed by atoms with E-state index in [-0.39, 0.29) is 0 Å². The molecule has 0 aromatic carbocycles. The van der Waals surface area contributed by atoms with Gasteiger partial charge in [0.25, 0.3) is 0 Å². The first kappa shape index (κ1) is 9.06. The normalized spacial score (nSPS) is 14.4. The molecule has 0 spiro atoms. The first-order valence-corrected chi connectivity index (χ1v) is 4.80. The maximum Gasteiger partial charge on any atom is 0.112 e. The molecule has 0 aliphatic carbocycles. The number of nitrogens with zero attached hydrogens (tertiary/aromatic N) is 2. The summed E-state index contributed by atoms with van der Waals surface area (Å²) in [7, 11) is 2.03. The number of hydrogen-bond donors (Lipinski definition) is 1. The number of aromatic nitrogens is 2. The van der Waals surface area contributed by atoms with Gasteiger partial charge in [0.15, 0.2) is 0 Å². The van der Waals surface area contributed by atoms with Crippen LogP contribution in [0.1, 0.15) is 37.0 Å². The van der Waals surface area contributed by atoms with Crippen LogP contribution in [0.3, 0.4) is 0 Å². The van der Waals surface area contributed by atoms with Crippen LogP contribution in [0.15, 0.2) is 12.8 Å². The minimum atomic E-state index is 0.437. The number of imidazole rings is 1. The van der Waals surface area contributed by atoms with E-state index in [4.69, 9.17) is 0 Å². The van der Waals surface area contributed by atoms with Gasteiger partial charge in [0.1, 0.15) is 5.82 Å². The molecule has 2 rings (SSSR count). The van der Waals surface area contributed by atoms with Crippen LogP contribution in [0, 0.1) is 0 Å². The molecule has 0 atom stereocenters. The van der Waals surface area contributed by atoms with Crippen molar-refractivity contribution >= 4 is 11.8 Å². The Morgan fingerprint density at radius 2 is 2.21 bits per heavy atom. The second kappa shape index (κ2) is 3.01. The fraction of sp³-hybridized carbons (Fsp3) is 0.364. The third kappa shape index (κ3) is 1.16. The quantitative estimate of drug-likeness (QED) is 0.733. The average Bonchev–Trinajstić information content (AvgIpc) is 2.45. The molecule has 1 aromatic heterocycles. The fourth-order valence-electron chi connectivity index (χ4n) is 1.82. The molecule has 0 amide bonds. The number of fused-ring (bicyclic) bond motifs is 1. The molecule has 14 heavy (non-hydrogen) atoms. The van der Waals surface area contributed by atoms with E-state index in [0.29, 0.717) is 5.92 Å². The van der Waals surface area contributed by atoms with Crippen LogP contribution in [0.25, 0.3) is 11.8 Å². The highest BCUT2D eigenvalue weighted by atomic mass is 15.1. The van der Waals surface area contributed by atoms with Gasteiger partial charge >= 0.3 is 0 Å². The van der Waals surface area contributed by atoms with Crippen molar-refractivity contribution in [3.05, 3.63) is 30.0 Å². The van der Waals surface area contributed by atoms with E-state index < -0.39 is 0 Å². The third-order valence-electron chi connectivity index (χ3n) is 2.46. The Hall–Kier alpha value is -1.51. The number of rotatable bonds is 1. The molecule has 0 saturated carbocycles. The lowest BCUT2D eigenvalue weighted by Crippen LogP contribution is -2.11. The van der Waals surface area contributed by atoms with Crippen molar-refractivity contribution in [2.75, 3.05) is 0 Å². The topological polar surface area (TPSA) is 29.9 Å². The number of nitrogens with one attached hydrogen (secondary N) is 1. The van der Waals surface area contributed by atoms with Gasteiger partial charge in [-0.15, -0.1) is 0 Å². The zero-order valence-corrected chi connectivity index (χ0v) is 8.83. The Morgan fingerprint density at radius 1 is 1.50 bits per heavy atom. The summed E-state index contributed by atoms with van der Waals surface area (Å²) in [5.41, 5.74) is 3.03. The van der Waals surface area contributed by atoms with Crippen molar-refractivity contribution in [1.82, 2.24) is 14.9 Å². The van der Waals surface area contributed by atoms with Crippen LogP contribution in [0.2, 0.25) is 0 Å². The highest BCUT2D eigenvalue weighted by Gasteiger charge is 2.18. The molecule has 0 radical (unpaired) electrons. The molecular formula is C11H15N3. The zero-order valence-electron chi connectivity index (χ0n) is 8.83. The van der Waals surface area contributed by atoms with Gasteiger partial charge in [-0.05, 0) is 6.08 Å². The fourth-order valence-corrected chi connectivity index (χ4v) is 1.82. The van der Waals surface area contributed by atoms with Crippen LogP contribution in [-0.4, -0.2) is 9.55 Å². The van der Waals surface area contributed by atoms with Crippen molar-refractivity contribution in [2.45, 2.75) is 19.8 Å². The van der Waals surface area contributed by atoms with Crippen molar-refractivity contribution in [1.29, 1.82) is 0 Å². The standard InChI is InChI=1S/C11H15N3/c1-7(2)11-13-9-5-6-12-8(3)10(9)14(11)4/h5-7,12H,3H2,1-2,4H3. The summed E-state index contributed by atoms with van der Waals surface area (Å²) in [6.45, 7) is 8.26. The lowest BCUT2D eigenvalue weighted by molar-refractivity contribution is 0.705. The van der Waals surface area contributed by atoms with E-state index in [0.717, 1.165) is 22.9 Å². The molecule has 1 aromatic rings. The lowest BCUT2D eigenvalue weighted by atomic mass is 10.2. The molecule has 3 heteroatoms. The van der Waals surface area contributed by atoms with Gasteiger partial charge in [-0.3, -0.25) is 0 Å². The van der Waals surface area contributed by atoms with Gasteiger partial charge in [0, 0.05) is 19.2 Å². The molecule has 0 bridgehead atoms. The van der Waals surface area contributed by atoms with Crippen molar-refractivity contribution in [3.63, 3.8) is 0 Å². The van der Waals surface area contributed by atoms with Gasteiger partial charge in [0.2, 0.25) is 0 Å². The minimum Gasteiger partial charge on any atom is -0.360 e. The molecule has 0 saturated heterocycles. The van der Waals surface area contributed by atoms with Crippen LogP contribution in [0.5, 0.6) is 0 Å². The Labute approximate surface area is 84.2 Å². The molecule has 1 aliphatic rings. The summed E-state index contributed by atoms with van der Waals surface area (Å²) in [5, 5.41) is 3.10. The van der Waals surface area contributed by atoms with Gasteiger partial charge in [-0.2, -0.15) is 0 Å². The largest absolute Gasteiger partial charge is 0.360 e. The van der Waals surface area contributed by atoms with E-state index in [2.05, 4.69) is 35.3 Å². The van der Waals surface area contributed by atoms with Gasteiger partial charge in [0.05, 0.1) is 17.1 Å². The van der Waals surface area contributed by atoms with Crippen LogP contribution in [0.4, 0.5) is 0 Å². The van der Waals surface area contributed by atoms with Crippen molar-refractivity contribution < 1.29 is 0 Å². The summed E-state index contributed by atoms with van der Waals surface area (Å²) in [6, 6.07) is 0. The third-order valence-corrected chi connectivity index (χ3v) is 2.46. The maximum absolute atomic E-state index is 4.58. The van der Waals surface area contributed by atoms with E-state index in [9.17, 15) is 0 Å². The summed E-state index contributed by atoms with van der Waals surface area (Å²) in [5.74, 6) is 1.54. The van der Waals surface area contributed by atoms with Crippen molar-refractivity contribution in [2.24, 2.45) is 7.05 Å². The molecule has 1 aliphatic heterocycles. The Kier molecular flexibility index (Phi) is 1.95. The Morgan fingerprint density at radius 3 is 2.79 bits per heavy atom. The van der Waals surface area contributed by atoms with Crippen LogP contribution in [-0.2, 0) is 7.05 Å². The first-order chi connectivity index (χ1) is 6.61. The predicted molar refractivity (Wildman–Crippen MR) is 58.5 cm³/mol. The van der Waals surface area contributed by atoms with Gasteiger partial charge in [-0.1, -0.05) is 20.4 Å². The van der Waals surface area contributed by atoms with Crippen molar-refractivity contribution in [3.8, 4) is 0 Å². The van der Waals surface area contributed by atoms with Gasteiger partial charge < -0.3 is 9.88 Å². The highest BCUT2D eigenvalue weighted by molar-refractivity contribution is 5.72. The summed E-state index contributed by atoms with van der Waals surface area (Å²) in [4.78, 5) is 4.58. The Bertz CT molecular complexity index is 410. The zero-order chi connectivity index (χ0) is 10.3.